The predicted octanol–water partition coefficient (Wildman–Crippen LogP) is 0.734. The number of carbonyl (C=O) groups is 1. The molecule has 1 unspecified atom stereocenters. The van der Waals surface area contributed by atoms with Crippen LogP contribution in [0.1, 0.15) is 39.0 Å². The van der Waals surface area contributed by atoms with Gasteiger partial charge in [0.2, 0.25) is 10.0 Å². The summed E-state index contributed by atoms with van der Waals surface area (Å²) in [5, 5.41) is 0. The Kier molecular flexibility index (Phi) is 7.72. The molecule has 162 valence electrons. The van der Waals surface area contributed by atoms with Gasteiger partial charge in [-0.1, -0.05) is 0 Å². The Morgan fingerprint density at radius 2 is 1.68 bits per heavy atom. The Balaban J connectivity index is 1.33. The monoisotopic (exact) mass is 417 g/mol. The van der Waals surface area contributed by atoms with Gasteiger partial charge in [0.05, 0.1) is 31.6 Å². The Morgan fingerprint density at radius 3 is 2.29 bits per heavy atom. The molecule has 0 aromatic carbocycles. The minimum Gasteiger partial charge on any atom is -0.466 e. The first-order valence-electron chi connectivity index (χ1n) is 10.6. The van der Waals surface area contributed by atoms with E-state index in [2.05, 4.69) is 9.80 Å². The van der Waals surface area contributed by atoms with Crippen LogP contribution in [0, 0.1) is 5.92 Å². The van der Waals surface area contributed by atoms with E-state index in [4.69, 9.17) is 9.47 Å². The van der Waals surface area contributed by atoms with E-state index >= 15 is 0 Å². The maximum atomic E-state index is 11.8. The maximum absolute atomic E-state index is 11.8. The fraction of sp³-hybridized carbons (Fsp3) is 0.947. The van der Waals surface area contributed by atoms with Gasteiger partial charge in [0, 0.05) is 45.3 Å². The molecule has 0 aromatic rings. The molecule has 1 atom stereocenters. The quantitative estimate of drug-likeness (QED) is 0.565. The summed E-state index contributed by atoms with van der Waals surface area (Å²) in [4.78, 5) is 16.6. The molecule has 0 N–H and O–H groups in total. The summed E-state index contributed by atoms with van der Waals surface area (Å²) in [6, 6.07) is 0.491. The number of rotatable bonds is 7. The van der Waals surface area contributed by atoms with Crippen LogP contribution in [-0.2, 0) is 24.3 Å². The molecule has 0 bridgehead atoms. The van der Waals surface area contributed by atoms with E-state index in [9.17, 15) is 13.2 Å². The standard InChI is InChI=1S/C19H35N3O5S/c1-3-26-19(23)16-4-6-18(7-5-16)27-15-20-9-8-17(14-20)21-10-12-22(13-11-21)28(2,24)25/h16-18H,3-15H2,1-2H3. The fourth-order valence-electron chi connectivity index (χ4n) is 4.56. The molecule has 3 fully saturated rings. The average Bonchev–Trinajstić information content (AvgIpc) is 3.15. The summed E-state index contributed by atoms with van der Waals surface area (Å²) in [6.45, 7) is 7.76. The van der Waals surface area contributed by atoms with Crippen LogP contribution in [0.2, 0.25) is 0 Å². The summed E-state index contributed by atoms with van der Waals surface area (Å²) in [6.07, 6.45) is 6.20. The zero-order valence-corrected chi connectivity index (χ0v) is 18.0. The van der Waals surface area contributed by atoms with Gasteiger partial charge in [-0.15, -0.1) is 0 Å². The zero-order valence-electron chi connectivity index (χ0n) is 17.2. The van der Waals surface area contributed by atoms with Crippen LogP contribution in [0.4, 0.5) is 0 Å². The van der Waals surface area contributed by atoms with Gasteiger partial charge < -0.3 is 9.47 Å². The first-order chi connectivity index (χ1) is 13.4. The summed E-state index contributed by atoms with van der Waals surface area (Å²) in [5.41, 5.74) is 0. The number of carbonyl (C=O) groups excluding carboxylic acids is 1. The molecule has 0 aromatic heterocycles. The summed E-state index contributed by atoms with van der Waals surface area (Å²) < 4.78 is 36.1. The molecule has 0 amide bonds. The number of likely N-dealkylation sites (tertiary alicyclic amines) is 1. The SMILES string of the molecule is CCOC(=O)C1CCC(OCN2CCC(N3CCN(S(C)(=O)=O)CC3)C2)CC1. The van der Waals surface area contributed by atoms with E-state index in [0.717, 1.165) is 58.3 Å². The number of piperazine rings is 1. The largest absolute Gasteiger partial charge is 0.466 e. The van der Waals surface area contributed by atoms with Gasteiger partial charge in [0.25, 0.3) is 0 Å². The van der Waals surface area contributed by atoms with E-state index in [1.54, 1.807) is 4.31 Å². The van der Waals surface area contributed by atoms with Crippen molar-refractivity contribution in [1.82, 2.24) is 14.1 Å². The van der Waals surface area contributed by atoms with Crippen molar-refractivity contribution >= 4 is 16.0 Å². The molecular formula is C19H35N3O5S. The Bertz CT molecular complexity index is 613. The van der Waals surface area contributed by atoms with Crippen LogP contribution in [-0.4, -0.2) is 99.5 Å². The van der Waals surface area contributed by atoms with Crippen molar-refractivity contribution < 1.29 is 22.7 Å². The van der Waals surface area contributed by atoms with Crippen molar-refractivity contribution in [3.05, 3.63) is 0 Å². The van der Waals surface area contributed by atoms with Gasteiger partial charge >= 0.3 is 5.97 Å². The molecule has 28 heavy (non-hydrogen) atoms. The molecule has 2 heterocycles. The van der Waals surface area contributed by atoms with Crippen LogP contribution in [0.5, 0.6) is 0 Å². The maximum Gasteiger partial charge on any atom is 0.308 e. The topological polar surface area (TPSA) is 79.4 Å². The molecular weight excluding hydrogens is 382 g/mol. The molecule has 0 spiro atoms. The van der Waals surface area contributed by atoms with Crippen LogP contribution < -0.4 is 0 Å². The minimum atomic E-state index is -3.07. The number of nitrogens with zero attached hydrogens (tertiary/aromatic N) is 3. The van der Waals surface area contributed by atoms with Crippen molar-refractivity contribution in [2.24, 2.45) is 5.92 Å². The van der Waals surface area contributed by atoms with Gasteiger partial charge in [-0.05, 0) is 39.0 Å². The lowest BCUT2D eigenvalue weighted by molar-refractivity contribution is -0.150. The van der Waals surface area contributed by atoms with Gasteiger partial charge in [-0.3, -0.25) is 14.6 Å². The summed E-state index contributed by atoms with van der Waals surface area (Å²) >= 11 is 0. The van der Waals surface area contributed by atoms with E-state index < -0.39 is 10.0 Å². The number of hydrogen-bond acceptors (Lipinski definition) is 7. The van der Waals surface area contributed by atoms with Gasteiger partial charge in [0.1, 0.15) is 0 Å². The van der Waals surface area contributed by atoms with Crippen LogP contribution >= 0.6 is 0 Å². The Hall–Kier alpha value is -0.740. The number of hydrogen-bond donors (Lipinski definition) is 0. The highest BCUT2D eigenvalue weighted by molar-refractivity contribution is 7.88. The lowest BCUT2D eigenvalue weighted by Gasteiger charge is -2.37. The van der Waals surface area contributed by atoms with E-state index in [0.29, 0.717) is 32.5 Å². The Morgan fingerprint density at radius 1 is 1.00 bits per heavy atom. The summed E-state index contributed by atoms with van der Waals surface area (Å²) in [5.74, 6) is -0.0131. The third-order valence-electron chi connectivity index (χ3n) is 6.29. The highest BCUT2D eigenvalue weighted by Gasteiger charge is 2.33. The van der Waals surface area contributed by atoms with E-state index in [-0.39, 0.29) is 18.0 Å². The summed E-state index contributed by atoms with van der Waals surface area (Å²) in [7, 11) is -3.07. The highest BCUT2D eigenvalue weighted by Crippen LogP contribution is 2.28. The number of ether oxygens (including phenoxy) is 2. The second-order valence-electron chi connectivity index (χ2n) is 8.24. The average molecular weight is 418 g/mol. The Labute approximate surface area is 169 Å². The number of sulfonamides is 1. The highest BCUT2D eigenvalue weighted by atomic mass is 32.2. The van der Waals surface area contributed by atoms with Crippen molar-refractivity contribution in [2.45, 2.75) is 51.2 Å². The third kappa shape index (κ3) is 5.89. The molecule has 3 rings (SSSR count). The molecule has 9 heteroatoms. The third-order valence-corrected chi connectivity index (χ3v) is 7.60. The van der Waals surface area contributed by atoms with Crippen molar-refractivity contribution in [2.75, 3.05) is 58.9 Å². The van der Waals surface area contributed by atoms with Crippen molar-refractivity contribution in [1.29, 1.82) is 0 Å². The van der Waals surface area contributed by atoms with Crippen LogP contribution in [0.25, 0.3) is 0 Å². The molecule has 1 aliphatic carbocycles. The molecule has 8 nitrogen and oxygen atoms in total. The molecule has 3 aliphatic rings. The molecule has 2 aliphatic heterocycles. The van der Waals surface area contributed by atoms with Crippen molar-refractivity contribution in [3.8, 4) is 0 Å². The first kappa shape index (κ1) is 22.0. The van der Waals surface area contributed by atoms with E-state index in [1.807, 2.05) is 6.92 Å². The predicted molar refractivity (Wildman–Crippen MR) is 106 cm³/mol. The second-order valence-corrected chi connectivity index (χ2v) is 10.2. The second kappa shape index (κ2) is 9.84. The molecule has 2 saturated heterocycles. The van der Waals surface area contributed by atoms with Gasteiger partial charge in [-0.25, -0.2) is 8.42 Å². The first-order valence-corrected chi connectivity index (χ1v) is 12.4. The van der Waals surface area contributed by atoms with Crippen LogP contribution in [0.3, 0.4) is 0 Å². The lowest BCUT2D eigenvalue weighted by Crippen LogP contribution is -2.52. The normalized spacial score (nSPS) is 31.1. The lowest BCUT2D eigenvalue weighted by atomic mass is 9.87. The molecule has 1 saturated carbocycles. The molecule has 0 radical (unpaired) electrons. The minimum absolute atomic E-state index is 0.0431. The van der Waals surface area contributed by atoms with E-state index in [1.165, 1.54) is 6.26 Å². The zero-order chi connectivity index (χ0) is 20.1. The number of esters is 1. The fourth-order valence-corrected chi connectivity index (χ4v) is 5.39. The smallest absolute Gasteiger partial charge is 0.308 e. The van der Waals surface area contributed by atoms with Crippen molar-refractivity contribution in [3.63, 3.8) is 0 Å². The van der Waals surface area contributed by atoms with Gasteiger partial charge in [0.15, 0.2) is 0 Å². The van der Waals surface area contributed by atoms with Gasteiger partial charge in [-0.2, -0.15) is 4.31 Å². The van der Waals surface area contributed by atoms with Crippen LogP contribution in [0.15, 0.2) is 0 Å².